The molecule has 0 fully saturated rings. The maximum Gasteiger partial charge on any atom is 0.119 e. The maximum absolute atomic E-state index is 9.70. The molecule has 0 unspecified atom stereocenters. The van der Waals surface area contributed by atoms with E-state index >= 15 is 0 Å². The number of para-hydroxylation sites is 1. The number of hydrogen-bond donors (Lipinski definition) is 0. The minimum absolute atomic E-state index is 0.590. The van der Waals surface area contributed by atoms with Crippen LogP contribution < -0.4 is 9.64 Å². The van der Waals surface area contributed by atoms with Crippen molar-refractivity contribution in [1.82, 2.24) is 0 Å². The lowest BCUT2D eigenvalue weighted by Crippen LogP contribution is -2.09. The highest BCUT2D eigenvalue weighted by atomic mass is 16.5. The first-order valence-electron chi connectivity index (χ1n) is 12.4. The third-order valence-corrected chi connectivity index (χ3v) is 6.27. The first kappa shape index (κ1) is 25.3. The van der Waals surface area contributed by atoms with E-state index in [0.717, 1.165) is 58.8 Å². The second-order valence-electron chi connectivity index (χ2n) is 8.72. The van der Waals surface area contributed by atoms with Gasteiger partial charge < -0.3 is 9.64 Å². The van der Waals surface area contributed by atoms with Gasteiger partial charge in [0.1, 0.15) is 5.75 Å². The number of hydrogen-bond acceptors (Lipinski definition) is 4. The van der Waals surface area contributed by atoms with Crippen LogP contribution in [0.3, 0.4) is 0 Å². The maximum atomic E-state index is 9.70. The molecule has 0 amide bonds. The van der Waals surface area contributed by atoms with Crippen molar-refractivity contribution in [2.24, 2.45) is 0 Å². The topological polar surface area (TPSA) is 60.1 Å². The zero-order valence-electron chi connectivity index (χ0n) is 21.2. The van der Waals surface area contributed by atoms with Crippen LogP contribution in [0.5, 0.6) is 5.75 Å². The number of rotatable bonds is 9. The van der Waals surface area contributed by atoms with Gasteiger partial charge in [0, 0.05) is 17.1 Å². The third-order valence-electron chi connectivity index (χ3n) is 6.27. The summed E-state index contributed by atoms with van der Waals surface area (Å²) in [5.74, 6) is 0.812. The molecule has 182 valence electrons. The van der Waals surface area contributed by atoms with Crippen molar-refractivity contribution in [1.29, 1.82) is 10.5 Å². The molecule has 4 rings (SSSR count). The van der Waals surface area contributed by atoms with Gasteiger partial charge in [-0.05, 0) is 90.2 Å². The molecular formula is C33H29N3O. The highest BCUT2D eigenvalue weighted by Gasteiger charge is 2.12. The van der Waals surface area contributed by atoms with Gasteiger partial charge in [0.15, 0.2) is 0 Å². The summed E-state index contributed by atoms with van der Waals surface area (Å²) in [5, 5.41) is 19.3. The summed E-state index contributed by atoms with van der Waals surface area (Å²) in [6.07, 6.45) is 6.75. The van der Waals surface area contributed by atoms with Crippen LogP contribution in [0.25, 0.3) is 12.2 Å². The van der Waals surface area contributed by atoms with E-state index in [2.05, 4.69) is 60.4 Å². The van der Waals surface area contributed by atoms with E-state index in [1.165, 1.54) is 0 Å². The Balaban J connectivity index is 1.63. The molecule has 4 heteroatoms. The van der Waals surface area contributed by atoms with Crippen molar-refractivity contribution in [3.63, 3.8) is 0 Å². The predicted octanol–water partition coefficient (Wildman–Crippen LogP) is 8.42. The Labute approximate surface area is 219 Å². The largest absolute Gasteiger partial charge is 0.497 e. The molecule has 0 radical (unpaired) electrons. The second kappa shape index (κ2) is 12.2. The number of benzene rings is 4. The quantitative estimate of drug-likeness (QED) is 0.224. The standard InChI is InChI=1S/C33H29N3O/c1-3-4-8-26-21-29(24-35)27(22-28(26)23-34)14-11-25-12-15-31(16-13-25)36(30-9-6-5-7-10-30)32-17-19-33(37-2)20-18-32/h5-7,9-22H,3-4,8H2,1-2H3. The molecule has 0 aliphatic heterocycles. The molecule has 37 heavy (non-hydrogen) atoms. The molecular weight excluding hydrogens is 454 g/mol. The minimum Gasteiger partial charge on any atom is -0.497 e. The lowest BCUT2D eigenvalue weighted by Gasteiger charge is -2.25. The average molecular weight is 484 g/mol. The molecule has 4 aromatic rings. The Bertz CT molecular complexity index is 1440. The summed E-state index contributed by atoms with van der Waals surface area (Å²) >= 11 is 0. The van der Waals surface area contributed by atoms with E-state index < -0.39 is 0 Å². The van der Waals surface area contributed by atoms with Crippen LogP contribution in [-0.4, -0.2) is 7.11 Å². The zero-order valence-corrected chi connectivity index (χ0v) is 21.2. The average Bonchev–Trinajstić information content (AvgIpc) is 2.96. The summed E-state index contributed by atoms with van der Waals surface area (Å²) in [6.45, 7) is 2.12. The van der Waals surface area contributed by atoms with Gasteiger partial charge in [0.2, 0.25) is 0 Å². The smallest absolute Gasteiger partial charge is 0.119 e. The van der Waals surface area contributed by atoms with Gasteiger partial charge in [0.05, 0.1) is 30.4 Å². The summed E-state index contributed by atoms with van der Waals surface area (Å²) < 4.78 is 5.33. The van der Waals surface area contributed by atoms with Gasteiger partial charge in [-0.15, -0.1) is 0 Å². The zero-order chi connectivity index (χ0) is 26.0. The molecule has 0 atom stereocenters. The molecule has 0 N–H and O–H groups in total. The van der Waals surface area contributed by atoms with Gasteiger partial charge >= 0.3 is 0 Å². The number of nitrogens with zero attached hydrogens (tertiary/aromatic N) is 3. The fraction of sp³-hybridized carbons (Fsp3) is 0.152. The lowest BCUT2D eigenvalue weighted by molar-refractivity contribution is 0.415. The van der Waals surface area contributed by atoms with Crippen molar-refractivity contribution in [2.45, 2.75) is 26.2 Å². The van der Waals surface area contributed by atoms with Gasteiger partial charge in [-0.2, -0.15) is 10.5 Å². The van der Waals surface area contributed by atoms with Crippen LogP contribution >= 0.6 is 0 Å². The van der Waals surface area contributed by atoms with E-state index in [0.29, 0.717) is 11.1 Å². The molecule has 0 bridgehead atoms. The van der Waals surface area contributed by atoms with Crippen molar-refractivity contribution in [2.75, 3.05) is 12.0 Å². The van der Waals surface area contributed by atoms with Crippen molar-refractivity contribution < 1.29 is 4.74 Å². The van der Waals surface area contributed by atoms with Gasteiger partial charge in [-0.3, -0.25) is 0 Å². The Morgan fingerprint density at radius 3 is 1.97 bits per heavy atom. The first-order chi connectivity index (χ1) is 18.2. The van der Waals surface area contributed by atoms with Crippen LogP contribution in [0, 0.1) is 22.7 Å². The highest BCUT2D eigenvalue weighted by molar-refractivity contribution is 5.79. The van der Waals surface area contributed by atoms with Crippen molar-refractivity contribution in [3.05, 3.63) is 119 Å². The highest BCUT2D eigenvalue weighted by Crippen LogP contribution is 2.35. The van der Waals surface area contributed by atoms with E-state index in [4.69, 9.17) is 4.74 Å². The number of unbranched alkanes of at least 4 members (excludes halogenated alkanes) is 1. The van der Waals surface area contributed by atoms with E-state index in [1.807, 2.05) is 66.7 Å². The molecule has 0 spiro atoms. The summed E-state index contributed by atoms with van der Waals surface area (Å²) in [5.41, 5.74) is 7.05. The second-order valence-corrected chi connectivity index (χ2v) is 8.72. The van der Waals surface area contributed by atoms with Crippen LogP contribution in [0.4, 0.5) is 17.1 Å². The molecule has 0 saturated carbocycles. The number of methoxy groups -OCH3 is 1. The van der Waals surface area contributed by atoms with Gasteiger partial charge in [-0.1, -0.05) is 55.8 Å². The normalized spacial score (nSPS) is 10.6. The van der Waals surface area contributed by atoms with Gasteiger partial charge in [0.25, 0.3) is 0 Å². The van der Waals surface area contributed by atoms with Crippen molar-refractivity contribution >= 4 is 29.2 Å². The summed E-state index contributed by atoms with van der Waals surface area (Å²) in [6, 6.07) is 34.8. The molecule has 0 saturated heterocycles. The number of anilines is 3. The molecule has 4 aromatic carbocycles. The molecule has 0 aliphatic rings. The Kier molecular flexibility index (Phi) is 8.37. The van der Waals surface area contributed by atoms with Crippen LogP contribution in [-0.2, 0) is 6.42 Å². The molecule has 0 aromatic heterocycles. The fourth-order valence-electron chi connectivity index (χ4n) is 4.25. The Morgan fingerprint density at radius 1 is 0.757 bits per heavy atom. The van der Waals surface area contributed by atoms with E-state index in [-0.39, 0.29) is 0 Å². The van der Waals surface area contributed by atoms with Crippen LogP contribution in [0.1, 0.15) is 47.6 Å². The SMILES string of the molecule is CCCCc1cc(C#N)c(C=Cc2ccc(N(c3ccccc3)c3ccc(OC)cc3)cc2)cc1C#N. The molecule has 0 aliphatic carbocycles. The number of ether oxygens (including phenoxy) is 1. The molecule has 0 heterocycles. The van der Waals surface area contributed by atoms with Crippen molar-refractivity contribution in [3.8, 4) is 17.9 Å². The minimum atomic E-state index is 0.590. The first-order valence-corrected chi connectivity index (χ1v) is 12.4. The van der Waals surface area contributed by atoms with Crippen LogP contribution in [0.15, 0.2) is 91.0 Å². The van der Waals surface area contributed by atoms with Crippen LogP contribution in [0.2, 0.25) is 0 Å². The Morgan fingerprint density at radius 2 is 1.38 bits per heavy atom. The Hall–Kier alpha value is -4.80. The monoisotopic (exact) mass is 483 g/mol. The third kappa shape index (κ3) is 6.07. The number of aryl methyl sites for hydroxylation is 1. The summed E-state index contributed by atoms with van der Waals surface area (Å²) in [7, 11) is 1.66. The molecule has 4 nitrogen and oxygen atoms in total. The fourth-order valence-corrected chi connectivity index (χ4v) is 4.25. The van der Waals surface area contributed by atoms with Gasteiger partial charge in [-0.25, -0.2) is 0 Å². The lowest BCUT2D eigenvalue weighted by atomic mass is 9.95. The number of nitriles is 2. The van der Waals surface area contributed by atoms with E-state index in [9.17, 15) is 10.5 Å². The predicted molar refractivity (Wildman–Crippen MR) is 151 cm³/mol. The van der Waals surface area contributed by atoms with E-state index in [1.54, 1.807) is 7.11 Å². The summed E-state index contributed by atoms with van der Waals surface area (Å²) in [4.78, 5) is 2.19.